The maximum Gasteiger partial charge on any atom is 0.0830 e. The highest BCUT2D eigenvalue weighted by Crippen LogP contribution is 2.23. The molecule has 0 amide bonds. The van der Waals surface area contributed by atoms with E-state index in [1.807, 2.05) is 43.7 Å². The smallest absolute Gasteiger partial charge is 0.0830 e. The molecule has 0 aliphatic rings. The number of rotatable bonds is 1. The summed E-state index contributed by atoms with van der Waals surface area (Å²) in [6.45, 7) is 5.88. The van der Waals surface area contributed by atoms with Gasteiger partial charge in [0.05, 0.1) is 22.8 Å². The Balaban J connectivity index is 2.63. The number of halogens is 1. The maximum absolute atomic E-state index is 5.93. The first kappa shape index (κ1) is 11.0. The van der Waals surface area contributed by atoms with Gasteiger partial charge < -0.3 is 5.73 Å². The third kappa shape index (κ3) is 1.67. The van der Waals surface area contributed by atoms with E-state index in [0.29, 0.717) is 0 Å². The second kappa shape index (κ2) is 3.83. The molecule has 0 aliphatic carbocycles. The molecule has 2 N–H and O–H groups in total. The fourth-order valence-corrected chi connectivity index (χ4v) is 1.97. The Morgan fingerprint density at radius 1 is 1.25 bits per heavy atom. The van der Waals surface area contributed by atoms with Crippen LogP contribution in [0, 0.1) is 20.8 Å². The zero-order valence-electron chi connectivity index (χ0n) is 9.58. The molecule has 84 valence electrons. The van der Waals surface area contributed by atoms with Crippen LogP contribution in [0.15, 0.2) is 18.2 Å². The molecule has 0 unspecified atom stereocenters. The van der Waals surface area contributed by atoms with Crippen molar-refractivity contribution in [2.75, 3.05) is 5.73 Å². The van der Waals surface area contributed by atoms with Gasteiger partial charge in [0.2, 0.25) is 0 Å². The molecule has 2 rings (SSSR count). The molecule has 16 heavy (non-hydrogen) atoms. The normalized spacial score (nSPS) is 10.8. The minimum absolute atomic E-state index is 0.732. The van der Waals surface area contributed by atoms with Crippen molar-refractivity contribution in [3.8, 4) is 5.69 Å². The number of aryl methyl sites for hydroxylation is 2. The minimum atomic E-state index is 0.732. The Bertz CT molecular complexity index is 543. The van der Waals surface area contributed by atoms with E-state index < -0.39 is 0 Å². The Morgan fingerprint density at radius 2 is 1.94 bits per heavy atom. The summed E-state index contributed by atoms with van der Waals surface area (Å²) in [4.78, 5) is 0. The molecule has 0 fully saturated rings. The van der Waals surface area contributed by atoms with Gasteiger partial charge in [0.15, 0.2) is 0 Å². The SMILES string of the molecule is Cc1cc(Cl)ccc1-n1nc(C)c(N)c1C. The topological polar surface area (TPSA) is 43.8 Å². The molecular formula is C12H14ClN3. The van der Waals surface area contributed by atoms with Gasteiger partial charge in [-0.3, -0.25) is 0 Å². The molecule has 2 aromatic rings. The minimum Gasteiger partial charge on any atom is -0.396 e. The van der Waals surface area contributed by atoms with Crippen LogP contribution in [0.25, 0.3) is 5.69 Å². The van der Waals surface area contributed by atoms with Crippen LogP contribution in [0.1, 0.15) is 17.0 Å². The second-order valence-corrected chi connectivity index (χ2v) is 4.36. The summed E-state index contributed by atoms with van der Waals surface area (Å²) in [5.74, 6) is 0. The first-order valence-electron chi connectivity index (χ1n) is 5.09. The van der Waals surface area contributed by atoms with Crippen molar-refractivity contribution >= 4 is 17.3 Å². The van der Waals surface area contributed by atoms with Crippen molar-refractivity contribution in [3.05, 3.63) is 40.2 Å². The van der Waals surface area contributed by atoms with Gasteiger partial charge in [0.25, 0.3) is 0 Å². The molecular weight excluding hydrogens is 222 g/mol. The van der Waals surface area contributed by atoms with Gasteiger partial charge in [-0.15, -0.1) is 0 Å². The van der Waals surface area contributed by atoms with Gasteiger partial charge in [-0.05, 0) is 44.5 Å². The number of nitrogens with zero attached hydrogens (tertiary/aromatic N) is 2. The molecule has 3 nitrogen and oxygen atoms in total. The van der Waals surface area contributed by atoms with Crippen molar-refractivity contribution < 1.29 is 0 Å². The van der Waals surface area contributed by atoms with Crippen LogP contribution in [-0.4, -0.2) is 9.78 Å². The van der Waals surface area contributed by atoms with E-state index in [4.69, 9.17) is 17.3 Å². The molecule has 0 saturated heterocycles. The zero-order chi connectivity index (χ0) is 11.9. The summed E-state index contributed by atoms with van der Waals surface area (Å²) < 4.78 is 1.86. The third-order valence-electron chi connectivity index (χ3n) is 2.73. The number of anilines is 1. The molecule has 1 aromatic carbocycles. The van der Waals surface area contributed by atoms with Gasteiger partial charge in [-0.25, -0.2) is 4.68 Å². The predicted molar refractivity (Wildman–Crippen MR) is 67.2 cm³/mol. The Morgan fingerprint density at radius 3 is 2.44 bits per heavy atom. The van der Waals surface area contributed by atoms with Crippen molar-refractivity contribution in [2.24, 2.45) is 0 Å². The van der Waals surface area contributed by atoms with Crippen molar-refractivity contribution in [1.82, 2.24) is 9.78 Å². The predicted octanol–water partition coefficient (Wildman–Crippen LogP) is 3.03. The standard InChI is InChI=1S/C12H14ClN3/c1-7-6-10(13)4-5-11(7)16-9(3)12(14)8(2)15-16/h4-6H,14H2,1-3H3. The van der Waals surface area contributed by atoms with Crippen LogP contribution in [0.3, 0.4) is 0 Å². The molecule has 4 heteroatoms. The molecule has 0 aliphatic heterocycles. The van der Waals surface area contributed by atoms with Gasteiger partial charge in [-0.2, -0.15) is 5.10 Å². The first-order chi connectivity index (χ1) is 7.50. The third-order valence-corrected chi connectivity index (χ3v) is 2.97. The van der Waals surface area contributed by atoms with E-state index in [1.54, 1.807) is 0 Å². The number of hydrogen-bond donors (Lipinski definition) is 1. The Labute approximate surface area is 99.8 Å². The molecule has 0 atom stereocenters. The van der Waals surface area contributed by atoms with Crippen LogP contribution in [0.4, 0.5) is 5.69 Å². The lowest BCUT2D eigenvalue weighted by Gasteiger charge is -2.08. The Kier molecular flexibility index (Phi) is 2.64. The zero-order valence-corrected chi connectivity index (χ0v) is 10.3. The molecule has 0 spiro atoms. The van der Waals surface area contributed by atoms with Crippen LogP contribution >= 0.6 is 11.6 Å². The maximum atomic E-state index is 5.93. The average molecular weight is 236 g/mol. The molecule has 0 bridgehead atoms. The highest BCUT2D eigenvalue weighted by molar-refractivity contribution is 6.30. The Hall–Kier alpha value is -1.48. The van der Waals surface area contributed by atoms with Gasteiger partial charge >= 0.3 is 0 Å². The van der Waals surface area contributed by atoms with E-state index >= 15 is 0 Å². The molecule has 0 saturated carbocycles. The number of aromatic nitrogens is 2. The van der Waals surface area contributed by atoms with E-state index in [2.05, 4.69) is 5.10 Å². The van der Waals surface area contributed by atoms with Crippen molar-refractivity contribution in [3.63, 3.8) is 0 Å². The molecule has 1 heterocycles. The number of benzene rings is 1. The summed E-state index contributed by atoms with van der Waals surface area (Å²) in [5, 5.41) is 5.15. The quantitative estimate of drug-likeness (QED) is 0.826. The summed E-state index contributed by atoms with van der Waals surface area (Å²) in [6, 6.07) is 5.73. The van der Waals surface area contributed by atoms with Crippen LogP contribution in [-0.2, 0) is 0 Å². The van der Waals surface area contributed by atoms with Crippen LogP contribution in [0.5, 0.6) is 0 Å². The average Bonchev–Trinajstić information content (AvgIpc) is 2.46. The number of hydrogen-bond acceptors (Lipinski definition) is 2. The second-order valence-electron chi connectivity index (χ2n) is 3.93. The monoisotopic (exact) mass is 235 g/mol. The number of nitrogen functional groups attached to an aromatic ring is 1. The molecule has 0 radical (unpaired) electrons. The fraction of sp³-hybridized carbons (Fsp3) is 0.250. The summed E-state index contributed by atoms with van der Waals surface area (Å²) in [7, 11) is 0. The van der Waals surface area contributed by atoms with Gasteiger partial charge in [0.1, 0.15) is 0 Å². The number of nitrogens with two attached hydrogens (primary N) is 1. The van der Waals surface area contributed by atoms with Crippen molar-refractivity contribution in [1.29, 1.82) is 0 Å². The summed E-state index contributed by atoms with van der Waals surface area (Å²) in [5.41, 5.74) is 10.6. The largest absolute Gasteiger partial charge is 0.396 e. The van der Waals surface area contributed by atoms with Gasteiger partial charge in [-0.1, -0.05) is 11.6 Å². The van der Waals surface area contributed by atoms with E-state index in [0.717, 1.165) is 33.3 Å². The van der Waals surface area contributed by atoms with E-state index in [1.165, 1.54) is 0 Å². The highest BCUT2D eigenvalue weighted by Gasteiger charge is 2.11. The lowest BCUT2D eigenvalue weighted by molar-refractivity contribution is 0.827. The molecule has 1 aromatic heterocycles. The van der Waals surface area contributed by atoms with E-state index in [9.17, 15) is 0 Å². The van der Waals surface area contributed by atoms with Crippen LogP contribution < -0.4 is 5.73 Å². The lowest BCUT2D eigenvalue weighted by atomic mass is 10.2. The summed E-state index contributed by atoms with van der Waals surface area (Å²) in [6.07, 6.45) is 0. The lowest BCUT2D eigenvalue weighted by Crippen LogP contribution is -2.01. The fourth-order valence-electron chi connectivity index (χ4n) is 1.75. The van der Waals surface area contributed by atoms with E-state index in [-0.39, 0.29) is 0 Å². The highest BCUT2D eigenvalue weighted by atomic mass is 35.5. The van der Waals surface area contributed by atoms with Crippen LogP contribution in [0.2, 0.25) is 5.02 Å². The summed E-state index contributed by atoms with van der Waals surface area (Å²) >= 11 is 5.93. The van der Waals surface area contributed by atoms with Crippen molar-refractivity contribution in [2.45, 2.75) is 20.8 Å². The first-order valence-corrected chi connectivity index (χ1v) is 5.46. The van der Waals surface area contributed by atoms with Gasteiger partial charge in [0, 0.05) is 5.02 Å².